The predicted molar refractivity (Wildman–Crippen MR) is 95.8 cm³/mol. The van der Waals surface area contributed by atoms with Crippen LogP contribution in [0.4, 0.5) is 5.69 Å². The molecule has 2 rings (SSSR count). The zero-order valence-corrected chi connectivity index (χ0v) is 14.7. The molecule has 0 aliphatic carbocycles. The van der Waals surface area contributed by atoms with E-state index in [-0.39, 0.29) is 12.5 Å². The molecule has 0 spiro atoms. The summed E-state index contributed by atoms with van der Waals surface area (Å²) in [5.74, 6) is 0.172. The summed E-state index contributed by atoms with van der Waals surface area (Å²) in [4.78, 5) is 12.2. The van der Waals surface area contributed by atoms with Crippen molar-refractivity contribution in [2.24, 2.45) is 0 Å². The molecule has 5 heteroatoms. The molecule has 122 valence electrons. The Morgan fingerprint density at radius 3 is 2.26 bits per heavy atom. The first-order valence-electron chi connectivity index (χ1n) is 7.54. The second-order valence-electron chi connectivity index (χ2n) is 5.05. The van der Waals surface area contributed by atoms with Gasteiger partial charge in [-0.3, -0.25) is 4.79 Å². The van der Waals surface area contributed by atoms with Crippen LogP contribution < -0.4 is 10.1 Å². The van der Waals surface area contributed by atoms with Crippen molar-refractivity contribution in [3.63, 3.8) is 0 Å². The van der Waals surface area contributed by atoms with Crippen LogP contribution in [-0.4, -0.2) is 12.5 Å². The van der Waals surface area contributed by atoms with E-state index >= 15 is 0 Å². The third-order valence-electron chi connectivity index (χ3n) is 3.54. The van der Waals surface area contributed by atoms with E-state index in [2.05, 4.69) is 19.2 Å². The molecule has 0 saturated carbocycles. The fraction of sp³-hybridized carbons (Fsp3) is 0.278. The molecule has 3 nitrogen and oxygen atoms in total. The SMILES string of the molecule is CCc1cccc(CC)c1NC(=O)COc1cccc(Cl)c1Cl. The van der Waals surface area contributed by atoms with Crippen LogP contribution in [-0.2, 0) is 17.6 Å². The summed E-state index contributed by atoms with van der Waals surface area (Å²) in [5, 5.41) is 3.65. The smallest absolute Gasteiger partial charge is 0.262 e. The van der Waals surface area contributed by atoms with Crippen LogP contribution in [0, 0.1) is 0 Å². The lowest BCUT2D eigenvalue weighted by Gasteiger charge is -2.15. The lowest BCUT2D eigenvalue weighted by Crippen LogP contribution is -2.21. The molecule has 0 fully saturated rings. The standard InChI is InChI=1S/C18H19Cl2NO2/c1-3-12-7-5-8-13(4-2)18(12)21-16(22)11-23-15-10-6-9-14(19)17(15)20/h5-10H,3-4,11H2,1-2H3,(H,21,22). The van der Waals surface area contributed by atoms with Crippen LogP contribution in [0.2, 0.25) is 10.0 Å². The summed E-state index contributed by atoms with van der Waals surface area (Å²) in [6.07, 6.45) is 1.70. The minimum absolute atomic E-state index is 0.124. The average molecular weight is 352 g/mol. The van der Waals surface area contributed by atoms with Gasteiger partial charge in [-0.15, -0.1) is 0 Å². The first-order valence-corrected chi connectivity index (χ1v) is 8.29. The maximum absolute atomic E-state index is 12.2. The van der Waals surface area contributed by atoms with Crippen molar-refractivity contribution in [2.45, 2.75) is 26.7 Å². The third kappa shape index (κ3) is 4.40. The number of hydrogen-bond acceptors (Lipinski definition) is 2. The van der Waals surface area contributed by atoms with Gasteiger partial charge in [0.25, 0.3) is 5.91 Å². The number of aryl methyl sites for hydroxylation is 2. The largest absolute Gasteiger partial charge is 0.482 e. The molecule has 0 heterocycles. The van der Waals surface area contributed by atoms with Gasteiger partial charge in [0.05, 0.1) is 5.02 Å². The number of para-hydroxylation sites is 1. The van der Waals surface area contributed by atoms with E-state index in [1.165, 1.54) is 0 Å². The molecule has 2 aromatic rings. The highest BCUT2D eigenvalue weighted by atomic mass is 35.5. The molecule has 0 radical (unpaired) electrons. The highest BCUT2D eigenvalue weighted by molar-refractivity contribution is 6.42. The summed E-state index contributed by atoms with van der Waals surface area (Å²) in [7, 11) is 0. The van der Waals surface area contributed by atoms with Gasteiger partial charge in [0, 0.05) is 5.69 Å². The summed E-state index contributed by atoms with van der Waals surface area (Å²) >= 11 is 12.0. The highest BCUT2D eigenvalue weighted by Crippen LogP contribution is 2.31. The molecule has 23 heavy (non-hydrogen) atoms. The fourth-order valence-corrected chi connectivity index (χ4v) is 2.66. The summed E-state index contributed by atoms with van der Waals surface area (Å²) in [6, 6.07) is 11.1. The number of halogens is 2. The van der Waals surface area contributed by atoms with Gasteiger partial charge in [-0.1, -0.05) is 61.3 Å². The minimum atomic E-state index is -0.225. The van der Waals surface area contributed by atoms with Crippen LogP contribution >= 0.6 is 23.2 Å². The minimum Gasteiger partial charge on any atom is -0.482 e. The van der Waals surface area contributed by atoms with Gasteiger partial charge < -0.3 is 10.1 Å². The van der Waals surface area contributed by atoms with Gasteiger partial charge in [0.15, 0.2) is 6.61 Å². The lowest BCUT2D eigenvalue weighted by atomic mass is 10.0. The number of carbonyl (C=O) groups excluding carboxylic acids is 1. The average Bonchev–Trinajstić information content (AvgIpc) is 2.56. The summed E-state index contributed by atoms with van der Waals surface area (Å²) in [6.45, 7) is 4.00. The molecule has 0 atom stereocenters. The van der Waals surface area contributed by atoms with Gasteiger partial charge in [-0.05, 0) is 36.1 Å². The van der Waals surface area contributed by atoms with E-state index in [0.29, 0.717) is 15.8 Å². The van der Waals surface area contributed by atoms with Crippen molar-refractivity contribution in [3.05, 3.63) is 57.6 Å². The van der Waals surface area contributed by atoms with Crippen LogP contribution in [0.15, 0.2) is 36.4 Å². The Bertz CT molecular complexity index is 679. The number of nitrogens with one attached hydrogen (secondary N) is 1. The zero-order chi connectivity index (χ0) is 16.8. The molecule has 1 amide bonds. The number of anilines is 1. The molecular weight excluding hydrogens is 333 g/mol. The normalized spacial score (nSPS) is 10.4. The second kappa shape index (κ2) is 8.23. The molecule has 0 aromatic heterocycles. The van der Waals surface area contributed by atoms with Crippen LogP contribution in [0.1, 0.15) is 25.0 Å². The molecule has 0 unspecified atom stereocenters. The van der Waals surface area contributed by atoms with Gasteiger partial charge in [-0.2, -0.15) is 0 Å². The first-order chi connectivity index (χ1) is 11.1. The molecule has 1 N–H and O–H groups in total. The van der Waals surface area contributed by atoms with Crippen molar-refractivity contribution in [3.8, 4) is 5.75 Å². The Labute approximate surface area is 146 Å². The van der Waals surface area contributed by atoms with Crippen molar-refractivity contribution in [1.82, 2.24) is 0 Å². The van der Waals surface area contributed by atoms with Crippen LogP contribution in [0.3, 0.4) is 0 Å². The predicted octanol–water partition coefficient (Wildman–Crippen LogP) is 5.14. The maximum Gasteiger partial charge on any atom is 0.262 e. The van der Waals surface area contributed by atoms with E-state index in [4.69, 9.17) is 27.9 Å². The molecule has 0 aliphatic rings. The van der Waals surface area contributed by atoms with Crippen LogP contribution in [0.5, 0.6) is 5.75 Å². The third-order valence-corrected chi connectivity index (χ3v) is 4.34. The molecule has 0 saturated heterocycles. The number of amides is 1. The van der Waals surface area contributed by atoms with Crippen molar-refractivity contribution >= 4 is 34.8 Å². The van der Waals surface area contributed by atoms with E-state index in [0.717, 1.165) is 29.7 Å². The van der Waals surface area contributed by atoms with Gasteiger partial charge in [-0.25, -0.2) is 0 Å². The topological polar surface area (TPSA) is 38.3 Å². The van der Waals surface area contributed by atoms with E-state index in [1.807, 2.05) is 18.2 Å². The maximum atomic E-state index is 12.2. The Morgan fingerprint density at radius 1 is 1.04 bits per heavy atom. The molecule has 0 aliphatic heterocycles. The zero-order valence-electron chi connectivity index (χ0n) is 13.2. The Morgan fingerprint density at radius 2 is 1.65 bits per heavy atom. The molecule has 0 bridgehead atoms. The number of carbonyl (C=O) groups is 1. The first kappa shape index (κ1) is 17.6. The summed E-state index contributed by atoms with van der Waals surface area (Å²) in [5.41, 5.74) is 3.10. The van der Waals surface area contributed by atoms with Crippen LogP contribution in [0.25, 0.3) is 0 Å². The Kier molecular flexibility index (Phi) is 6.31. The van der Waals surface area contributed by atoms with Gasteiger partial charge in [0.2, 0.25) is 0 Å². The molecule has 2 aromatic carbocycles. The Hall–Kier alpha value is -1.71. The second-order valence-corrected chi connectivity index (χ2v) is 5.83. The van der Waals surface area contributed by atoms with Gasteiger partial charge in [0.1, 0.15) is 10.8 Å². The Balaban J connectivity index is 2.07. The number of hydrogen-bond donors (Lipinski definition) is 1. The highest BCUT2D eigenvalue weighted by Gasteiger charge is 2.12. The van der Waals surface area contributed by atoms with E-state index < -0.39 is 0 Å². The number of benzene rings is 2. The van der Waals surface area contributed by atoms with Crippen molar-refractivity contribution < 1.29 is 9.53 Å². The van der Waals surface area contributed by atoms with Gasteiger partial charge >= 0.3 is 0 Å². The van der Waals surface area contributed by atoms with Crippen molar-refractivity contribution in [2.75, 3.05) is 11.9 Å². The summed E-state index contributed by atoms with van der Waals surface area (Å²) < 4.78 is 5.47. The van der Waals surface area contributed by atoms with Crippen molar-refractivity contribution in [1.29, 1.82) is 0 Å². The monoisotopic (exact) mass is 351 g/mol. The number of ether oxygens (including phenoxy) is 1. The number of rotatable bonds is 6. The fourth-order valence-electron chi connectivity index (χ4n) is 2.32. The van der Waals surface area contributed by atoms with E-state index in [1.54, 1.807) is 18.2 Å². The lowest BCUT2D eigenvalue weighted by molar-refractivity contribution is -0.118. The van der Waals surface area contributed by atoms with E-state index in [9.17, 15) is 4.79 Å². The quantitative estimate of drug-likeness (QED) is 0.782. The molecular formula is C18H19Cl2NO2.